The molecule has 3 aromatic rings. The van der Waals surface area contributed by atoms with Gasteiger partial charge in [0.25, 0.3) is 0 Å². The highest BCUT2D eigenvalue weighted by molar-refractivity contribution is 5.55. The first-order valence-corrected chi connectivity index (χ1v) is 9.67. The third-order valence-corrected chi connectivity index (χ3v) is 5.11. The molecule has 0 amide bonds. The molecule has 0 bridgehead atoms. The molecule has 0 aliphatic carbocycles. The average molecular weight is 391 g/mol. The number of benzene rings is 3. The largest absolute Gasteiger partial charge is 0.493 e. The summed E-state index contributed by atoms with van der Waals surface area (Å²) in [6, 6.07) is 25.0. The second kappa shape index (κ2) is 9.99. The minimum atomic E-state index is -0.524. The van der Waals surface area contributed by atoms with E-state index in [1.54, 1.807) is 21.3 Å². The van der Waals surface area contributed by atoms with Crippen LogP contribution in [-0.4, -0.2) is 26.4 Å². The summed E-state index contributed by atoms with van der Waals surface area (Å²) < 4.78 is 16.5. The molecule has 0 heterocycles. The molecule has 0 saturated carbocycles. The van der Waals surface area contributed by atoms with Crippen molar-refractivity contribution < 1.29 is 19.3 Å². The monoisotopic (exact) mass is 391 g/mol. The number of methoxy groups -OCH3 is 3. The fraction of sp³-hybridized carbons (Fsp3) is 0.280. The van der Waals surface area contributed by atoms with E-state index in [1.165, 1.54) is 0 Å². The number of hydrogen-bond donors (Lipinski definition) is 1. The molecule has 2 unspecified atom stereocenters. The van der Waals surface area contributed by atoms with Crippen molar-refractivity contribution in [3.63, 3.8) is 0 Å². The Labute approximate surface area is 172 Å². The van der Waals surface area contributed by atoms with Crippen LogP contribution in [0.3, 0.4) is 0 Å². The van der Waals surface area contributed by atoms with E-state index in [0.29, 0.717) is 23.7 Å². The third-order valence-electron chi connectivity index (χ3n) is 5.11. The van der Waals surface area contributed by atoms with E-state index in [9.17, 15) is 5.11 Å². The van der Waals surface area contributed by atoms with Crippen LogP contribution in [0.25, 0.3) is 0 Å². The number of aliphatic hydroxyl groups excluding tert-OH is 1. The van der Waals surface area contributed by atoms with Crippen molar-refractivity contribution >= 4 is 0 Å². The van der Waals surface area contributed by atoms with Gasteiger partial charge in [0, 0.05) is 5.92 Å². The minimum absolute atomic E-state index is 0.0308. The zero-order valence-corrected chi connectivity index (χ0v) is 17.1. The number of rotatable bonds is 9. The van der Waals surface area contributed by atoms with E-state index >= 15 is 0 Å². The Balaban J connectivity index is 1.94. The van der Waals surface area contributed by atoms with E-state index in [0.717, 1.165) is 23.1 Å². The van der Waals surface area contributed by atoms with Gasteiger partial charge in [0.05, 0.1) is 27.4 Å². The molecule has 1 radical (unpaired) electrons. The maximum absolute atomic E-state index is 10.7. The molecule has 29 heavy (non-hydrogen) atoms. The molecular formula is C25H27O4. The van der Waals surface area contributed by atoms with Gasteiger partial charge in [-0.2, -0.15) is 0 Å². The highest BCUT2D eigenvalue weighted by atomic mass is 16.5. The van der Waals surface area contributed by atoms with Crippen LogP contribution in [0.15, 0.2) is 66.7 Å². The molecule has 4 heteroatoms. The molecule has 2 atom stereocenters. The van der Waals surface area contributed by atoms with Gasteiger partial charge in [0.15, 0.2) is 11.5 Å². The van der Waals surface area contributed by atoms with Gasteiger partial charge in [-0.05, 0) is 47.7 Å². The topological polar surface area (TPSA) is 47.9 Å². The summed E-state index contributed by atoms with van der Waals surface area (Å²) in [5, 5.41) is 10.7. The highest BCUT2D eigenvalue weighted by Crippen LogP contribution is 2.42. The van der Waals surface area contributed by atoms with Crippen LogP contribution in [0.2, 0.25) is 0 Å². The Kier molecular flexibility index (Phi) is 7.14. The summed E-state index contributed by atoms with van der Waals surface area (Å²) >= 11 is 0. The maximum Gasteiger partial charge on any atom is 0.203 e. The van der Waals surface area contributed by atoms with Crippen LogP contribution in [0.4, 0.5) is 0 Å². The summed E-state index contributed by atoms with van der Waals surface area (Å²) in [5.74, 6) is 1.83. The van der Waals surface area contributed by atoms with Gasteiger partial charge < -0.3 is 19.3 Å². The summed E-state index contributed by atoms with van der Waals surface area (Å²) in [6.45, 7) is 0. The van der Waals surface area contributed by atoms with Gasteiger partial charge in [-0.1, -0.05) is 54.6 Å². The second-order valence-electron chi connectivity index (χ2n) is 6.83. The second-order valence-corrected chi connectivity index (χ2v) is 6.83. The Bertz CT molecular complexity index is 868. The first kappa shape index (κ1) is 20.7. The lowest BCUT2D eigenvalue weighted by atomic mass is 9.85. The molecule has 0 aromatic heterocycles. The number of hydrogen-bond acceptors (Lipinski definition) is 4. The fourth-order valence-corrected chi connectivity index (χ4v) is 3.59. The van der Waals surface area contributed by atoms with E-state index in [2.05, 4.69) is 12.1 Å². The quantitative estimate of drug-likeness (QED) is 0.547. The minimum Gasteiger partial charge on any atom is -0.493 e. The zero-order valence-electron chi connectivity index (χ0n) is 17.1. The van der Waals surface area contributed by atoms with E-state index in [-0.39, 0.29) is 5.92 Å². The SMILES string of the molecule is COc1cc(C(CCC(O)c2ccccc2)c2[c]cccc2)cc(OC)c1OC. The molecule has 0 aliphatic heterocycles. The Morgan fingerprint density at radius 2 is 1.45 bits per heavy atom. The Hall–Kier alpha value is -2.98. The molecule has 0 saturated heterocycles. The first-order chi connectivity index (χ1) is 14.2. The van der Waals surface area contributed by atoms with Crippen LogP contribution < -0.4 is 14.2 Å². The van der Waals surface area contributed by atoms with Crippen LogP contribution in [0, 0.1) is 6.07 Å². The lowest BCUT2D eigenvalue weighted by molar-refractivity contribution is 0.163. The lowest BCUT2D eigenvalue weighted by Gasteiger charge is -2.22. The summed E-state index contributed by atoms with van der Waals surface area (Å²) in [7, 11) is 4.83. The maximum atomic E-state index is 10.7. The predicted octanol–water partition coefficient (Wildman–Crippen LogP) is 5.16. The van der Waals surface area contributed by atoms with E-state index in [4.69, 9.17) is 14.2 Å². The summed E-state index contributed by atoms with van der Waals surface area (Å²) in [5.41, 5.74) is 3.01. The zero-order chi connectivity index (χ0) is 20.6. The van der Waals surface area contributed by atoms with Crippen molar-refractivity contribution in [3.05, 3.63) is 89.5 Å². The van der Waals surface area contributed by atoms with E-state index < -0.39 is 6.10 Å². The molecule has 151 valence electrons. The van der Waals surface area contributed by atoms with Gasteiger partial charge in [-0.15, -0.1) is 0 Å². The van der Waals surface area contributed by atoms with Gasteiger partial charge in [0.2, 0.25) is 5.75 Å². The van der Waals surface area contributed by atoms with Gasteiger partial charge in [-0.25, -0.2) is 0 Å². The van der Waals surface area contributed by atoms with Crippen LogP contribution in [0.1, 0.15) is 41.6 Å². The van der Waals surface area contributed by atoms with Crippen LogP contribution in [-0.2, 0) is 0 Å². The highest BCUT2D eigenvalue weighted by Gasteiger charge is 2.21. The van der Waals surface area contributed by atoms with Crippen LogP contribution >= 0.6 is 0 Å². The molecule has 0 aliphatic rings. The first-order valence-electron chi connectivity index (χ1n) is 9.67. The summed E-state index contributed by atoms with van der Waals surface area (Å²) in [6.07, 6.45) is 0.841. The molecular weight excluding hydrogens is 364 g/mol. The van der Waals surface area contributed by atoms with Crippen molar-refractivity contribution in [2.75, 3.05) is 21.3 Å². The Morgan fingerprint density at radius 3 is 2.00 bits per heavy atom. The van der Waals surface area contributed by atoms with Crippen molar-refractivity contribution in [1.29, 1.82) is 0 Å². The van der Waals surface area contributed by atoms with E-state index in [1.807, 2.05) is 60.7 Å². The molecule has 4 nitrogen and oxygen atoms in total. The van der Waals surface area contributed by atoms with Gasteiger partial charge >= 0.3 is 0 Å². The molecule has 0 spiro atoms. The molecule has 3 aromatic carbocycles. The molecule has 1 N–H and O–H groups in total. The average Bonchev–Trinajstić information content (AvgIpc) is 2.79. The van der Waals surface area contributed by atoms with Gasteiger partial charge in [-0.3, -0.25) is 0 Å². The fourth-order valence-electron chi connectivity index (χ4n) is 3.59. The normalized spacial score (nSPS) is 12.8. The van der Waals surface area contributed by atoms with Crippen molar-refractivity contribution in [2.24, 2.45) is 0 Å². The van der Waals surface area contributed by atoms with Crippen molar-refractivity contribution in [1.82, 2.24) is 0 Å². The molecule has 0 fully saturated rings. The van der Waals surface area contributed by atoms with Gasteiger partial charge in [0.1, 0.15) is 0 Å². The smallest absolute Gasteiger partial charge is 0.203 e. The molecule has 3 rings (SSSR count). The lowest BCUT2D eigenvalue weighted by Crippen LogP contribution is -2.07. The standard InChI is InChI=1S/C25H27O4/c1-27-23-16-20(17-24(28-2)25(23)29-3)21(18-10-6-4-7-11-18)14-15-22(26)19-12-8-5-9-13-19/h4-10,12-13,16-17,21-22,26H,14-15H2,1-3H3. The predicted molar refractivity (Wildman–Crippen MR) is 114 cm³/mol. The van der Waals surface area contributed by atoms with Crippen molar-refractivity contribution in [3.8, 4) is 17.2 Å². The Morgan fingerprint density at radius 1 is 0.793 bits per heavy atom. The third kappa shape index (κ3) is 4.90. The van der Waals surface area contributed by atoms with Crippen LogP contribution in [0.5, 0.6) is 17.2 Å². The number of aliphatic hydroxyl groups is 1. The number of ether oxygens (including phenoxy) is 3. The summed E-state index contributed by atoms with van der Waals surface area (Å²) in [4.78, 5) is 0. The van der Waals surface area contributed by atoms with Crippen molar-refractivity contribution in [2.45, 2.75) is 24.9 Å².